The predicted molar refractivity (Wildman–Crippen MR) is 130 cm³/mol. The zero-order valence-electron chi connectivity index (χ0n) is 21.5. The van der Waals surface area contributed by atoms with Crippen LogP contribution in [0.25, 0.3) is 0 Å². The van der Waals surface area contributed by atoms with E-state index < -0.39 is 29.9 Å². The number of carbonyl (C=O) groups excluding carboxylic acids is 2. The fraction of sp³-hybridized carbons (Fsp3) is 0.615. The predicted octanol–water partition coefficient (Wildman–Crippen LogP) is 3.87. The molecular weight excluding hydrogens is 438 g/mol. The van der Waals surface area contributed by atoms with E-state index in [-0.39, 0.29) is 24.8 Å². The highest BCUT2D eigenvalue weighted by Crippen LogP contribution is 2.20. The van der Waals surface area contributed by atoms with Crippen LogP contribution in [0, 0.1) is 11.8 Å². The molecule has 3 atom stereocenters. The molecule has 2 N–H and O–H groups in total. The monoisotopic (exact) mass is 479 g/mol. The number of amides is 1. The number of rotatable bonds is 13. The molecule has 0 radical (unpaired) electrons. The van der Waals surface area contributed by atoms with Gasteiger partial charge in [0.1, 0.15) is 11.3 Å². The summed E-state index contributed by atoms with van der Waals surface area (Å²) in [6.07, 6.45) is 0.208. The van der Waals surface area contributed by atoms with Gasteiger partial charge in [-0.15, -0.1) is 0 Å². The Bertz CT molecular complexity index is 769. The number of nitrogens with one attached hydrogen (secondary N) is 1. The molecule has 1 rings (SSSR count). The summed E-state index contributed by atoms with van der Waals surface area (Å²) in [7, 11) is 1.23. The molecule has 0 bridgehead atoms. The highest BCUT2D eigenvalue weighted by atomic mass is 16.6. The van der Waals surface area contributed by atoms with Crippen LogP contribution in [0.15, 0.2) is 42.1 Å². The number of hydrogen-bond acceptors (Lipinski definition) is 7. The summed E-state index contributed by atoms with van der Waals surface area (Å²) in [5.74, 6) is -0.517. The molecule has 1 aromatic rings. The van der Waals surface area contributed by atoms with E-state index in [0.29, 0.717) is 18.9 Å². The Morgan fingerprint density at radius 3 is 2.26 bits per heavy atom. The molecule has 0 aliphatic rings. The number of methoxy groups -OCH3 is 1. The van der Waals surface area contributed by atoms with Gasteiger partial charge in [0.2, 0.25) is 0 Å². The van der Waals surface area contributed by atoms with Crippen molar-refractivity contribution in [1.29, 1.82) is 0 Å². The normalized spacial score (nSPS) is 14.9. The highest BCUT2D eigenvalue weighted by molar-refractivity contribution is 5.92. The van der Waals surface area contributed by atoms with Crippen LogP contribution in [0.3, 0.4) is 0 Å². The lowest BCUT2D eigenvalue weighted by atomic mass is 9.91. The molecule has 0 aromatic heterocycles. The van der Waals surface area contributed by atoms with Gasteiger partial charge < -0.3 is 24.1 Å². The Balaban J connectivity index is 2.89. The van der Waals surface area contributed by atoms with E-state index in [2.05, 4.69) is 19.2 Å². The molecule has 34 heavy (non-hydrogen) atoms. The van der Waals surface area contributed by atoms with Gasteiger partial charge in [0.05, 0.1) is 32.5 Å². The maximum atomic E-state index is 12.1. The zero-order valence-corrected chi connectivity index (χ0v) is 21.5. The third-order valence-corrected chi connectivity index (χ3v) is 4.68. The molecule has 192 valence electrons. The maximum absolute atomic E-state index is 12.1. The van der Waals surface area contributed by atoms with E-state index in [1.807, 2.05) is 30.3 Å². The Kier molecular flexibility index (Phi) is 12.9. The van der Waals surface area contributed by atoms with Crippen molar-refractivity contribution < 1.29 is 33.6 Å². The van der Waals surface area contributed by atoms with Crippen molar-refractivity contribution >= 4 is 12.1 Å². The van der Waals surface area contributed by atoms with Crippen molar-refractivity contribution in [3.05, 3.63) is 47.7 Å². The third-order valence-electron chi connectivity index (χ3n) is 4.68. The van der Waals surface area contributed by atoms with Crippen molar-refractivity contribution in [2.45, 2.75) is 65.8 Å². The molecule has 0 fully saturated rings. The topological polar surface area (TPSA) is 103 Å². The van der Waals surface area contributed by atoms with Gasteiger partial charge >= 0.3 is 12.1 Å². The summed E-state index contributed by atoms with van der Waals surface area (Å²) in [6.45, 7) is 11.8. The van der Waals surface area contributed by atoms with Gasteiger partial charge in [0.15, 0.2) is 0 Å². The Morgan fingerprint density at radius 1 is 1.09 bits per heavy atom. The molecule has 0 aliphatic carbocycles. The minimum atomic E-state index is -0.762. The van der Waals surface area contributed by atoms with Gasteiger partial charge in [-0.25, -0.2) is 9.59 Å². The van der Waals surface area contributed by atoms with Crippen LogP contribution in [0.1, 0.15) is 47.1 Å². The lowest BCUT2D eigenvalue weighted by molar-refractivity contribution is -0.136. The number of ether oxygens (including phenoxy) is 4. The first-order valence-corrected chi connectivity index (χ1v) is 11.6. The minimum Gasteiger partial charge on any atom is -0.464 e. The van der Waals surface area contributed by atoms with Crippen LogP contribution in [0.5, 0.6) is 0 Å². The molecule has 0 spiro atoms. The summed E-state index contributed by atoms with van der Waals surface area (Å²) in [5.41, 5.74) is 0.324. The number of hydrogen-bond donors (Lipinski definition) is 2. The van der Waals surface area contributed by atoms with Gasteiger partial charge in [-0.2, -0.15) is 0 Å². The van der Waals surface area contributed by atoms with Crippen LogP contribution >= 0.6 is 0 Å². The molecule has 1 amide bonds. The van der Waals surface area contributed by atoms with Crippen molar-refractivity contribution in [1.82, 2.24) is 5.32 Å². The van der Waals surface area contributed by atoms with E-state index in [9.17, 15) is 14.7 Å². The molecule has 1 aromatic carbocycles. The van der Waals surface area contributed by atoms with Crippen LogP contribution < -0.4 is 5.32 Å². The molecular formula is C26H41NO7. The minimum absolute atomic E-state index is 0.0439. The summed E-state index contributed by atoms with van der Waals surface area (Å²) in [4.78, 5) is 24.1. The number of alkyl carbamates (subject to hydrolysis) is 1. The summed E-state index contributed by atoms with van der Waals surface area (Å²) in [6, 6.07) is 9.93. The first kappa shape index (κ1) is 29.6. The van der Waals surface area contributed by atoms with E-state index in [4.69, 9.17) is 18.9 Å². The molecule has 0 saturated heterocycles. The largest absolute Gasteiger partial charge is 0.464 e. The van der Waals surface area contributed by atoms with Gasteiger partial charge in [0, 0.05) is 12.5 Å². The Morgan fingerprint density at radius 2 is 1.74 bits per heavy atom. The van der Waals surface area contributed by atoms with Crippen LogP contribution in [0.4, 0.5) is 4.79 Å². The number of benzene rings is 1. The van der Waals surface area contributed by atoms with Crippen LogP contribution in [-0.4, -0.2) is 61.9 Å². The summed E-state index contributed by atoms with van der Waals surface area (Å²) >= 11 is 0. The lowest BCUT2D eigenvalue weighted by Crippen LogP contribution is -2.39. The number of carbonyl (C=O) groups is 2. The van der Waals surface area contributed by atoms with E-state index in [0.717, 1.165) is 5.56 Å². The number of aliphatic hydroxyl groups is 1. The van der Waals surface area contributed by atoms with Crippen LogP contribution in [-0.2, 0) is 30.2 Å². The number of aliphatic hydroxyl groups excluding tert-OH is 1. The molecule has 0 saturated carbocycles. The van der Waals surface area contributed by atoms with Crippen molar-refractivity contribution in [2.75, 3.05) is 26.9 Å². The van der Waals surface area contributed by atoms with Gasteiger partial charge in [-0.3, -0.25) is 5.32 Å². The molecule has 0 unspecified atom stereocenters. The number of esters is 1. The second-order valence-electron chi connectivity index (χ2n) is 9.66. The average Bonchev–Trinajstić information content (AvgIpc) is 2.74. The van der Waals surface area contributed by atoms with Crippen molar-refractivity contribution in [3.63, 3.8) is 0 Å². The molecule has 0 heterocycles. The Labute approximate surface area is 203 Å². The molecule has 0 aliphatic heterocycles. The van der Waals surface area contributed by atoms with Crippen molar-refractivity contribution in [3.8, 4) is 0 Å². The lowest BCUT2D eigenvalue weighted by Gasteiger charge is -2.30. The summed E-state index contributed by atoms with van der Waals surface area (Å²) < 4.78 is 21.8. The standard InChI is InChI=1S/C26H41NO7/c1-18(2)16-33-23(19(3)28)21(15-20-11-9-8-10-12-20)17-32-14-13-22(24(29)31-7)27-25(30)34-26(4,5)6/h8-13,18-19,21,23,28H,14-17H2,1-7H3,(H,27,30)/b22-13-/t19-,21-,23-/m0/s1. The second kappa shape index (κ2) is 14.8. The zero-order chi connectivity index (χ0) is 25.7. The van der Waals surface area contributed by atoms with E-state index in [1.54, 1.807) is 27.7 Å². The quantitative estimate of drug-likeness (QED) is 0.251. The van der Waals surface area contributed by atoms with Crippen molar-refractivity contribution in [2.24, 2.45) is 11.8 Å². The van der Waals surface area contributed by atoms with E-state index >= 15 is 0 Å². The first-order valence-electron chi connectivity index (χ1n) is 11.6. The highest BCUT2D eigenvalue weighted by Gasteiger charge is 2.28. The van der Waals surface area contributed by atoms with Gasteiger partial charge in [-0.1, -0.05) is 44.2 Å². The maximum Gasteiger partial charge on any atom is 0.412 e. The fourth-order valence-electron chi connectivity index (χ4n) is 3.23. The molecule has 8 heteroatoms. The summed E-state index contributed by atoms with van der Waals surface area (Å²) in [5, 5.41) is 12.8. The van der Waals surface area contributed by atoms with E-state index in [1.165, 1.54) is 13.2 Å². The third kappa shape index (κ3) is 12.2. The van der Waals surface area contributed by atoms with Gasteiger partial charge in [0.25, 0.3) is 0 Å². The molecule has 8 nitrogen and oxygen atoms in total. The smallest absolute Gasteiger partial charge is 0.412 e. The second-order valence-corrected chi connectivity index (χ2v) is 9.66. The van der Waals surface area contributed by atoms with Gasteiger partial charge in [-0.05, 0) is 51.7 Å². The SMILES string of the molecule is COC(=O)/C(=C/COC[C@H](Cc1ccccc1)[C@@H](OCC(C)C)[C@H](C)O)NC(=O)OC(C)(C)C. The average molecular weight is 480 g/mol. The van der Waals surface area contributed by atoms with Crippen LogP contribution in [0.2, 0.25) is 0 Å². The first-order chi connectivity index (χ1) is 15.9. The Hall–Kier alpha value is -2.42. The fourth-order valence-corrected chi connectivity index (χ4v) is 3.23.